The zero-order valence-electron chi connectivity index (χ0n) is 10.0. The second-order valence-electron chi connectivity index (χ2n) is 4.58. The van der Waals surface area contributed by atoms with E-state index in [-0.39, 0.29) is 11.6 Å². The molecule has 0 amide bonds. The highest BCUT2D eigenvalue weighted by Crippen LogP contribution is 2.29. The van der Waals surface area contributed by atoms with Crippen LogP contribution in [0.3, 0.4) is 0 Å². The van der Waals surface area contributed by atoms with Gasteiger partial charge in [0.1, 0.15) is 0 Å². The summed E-state index contributed by atoms with van der Waals surface area (Å²) in [5, 5.41) is 13.6. The normalized spacial score (nSPS) is 19.0. The monoisotopic (exact) mass is 239 g/mol. The van der Waals surface area contributed by atoms with Crippen molar-refractivity contribution in [3.63, 3.8) is 0 Å². The van der Waals surface area contributed by atoms with Crippen LogP contribution in [-0.4, -0.2) is 30.9 Å². The van der Waals surface area contributed by atoms with E-state index in [1.165, 1.54) is 13.2 Å². The van der Waals surface area contributed by atoms with Gasteiger partial charge in [0.2, 0.25) is 0 Å². The van der Waals surface area contributed by atoms with Crippen molar-refractivity contribution in [3.05, 3.63) is 29.6 Å². The van der Waals surface area contributed by atoms with E-state index in [2.05, 4.69) is 5.32 Å². The number of rotatable bonds is 3. The Morgan fingerprint density at radius 1 is 1.41 bits per heavy atom. The molecule has 1 aliphatic heterocycles. The van der Waals surface area contributed by atoms with Gasteiger partial charge in [-0.3, -0.25) is 0 Å². The van der Waals surface area contributed by atoms with Crippen LogP contribution < -0.4 is 10.1 Å². The third kappa shape index (κ3) is 2.76. The van der Waals surface area contributed by atoms with Crippen LogP contribution in [0.2, 0.25) is 0 Å². The zero-order valence-corrected chi connectivity index (χ0v) is 10.0. The van der Waals surface area contributed by atoms with Crippen LogP contribution in [0.15, 0.2) is 18.2 Å². The molecule has 1 aliphatic rings. The van der Waals surface area contributed by atoms with E-state index in [0.717, 1.165) is 18.7 Å². The summed E-state index contributed by atoms with van der Waals surface area (Å²) in [5.41, 5.74) is -0.0105. The van der Waals surface area contributed by atoms with E-state index >= 15 is 0 Å². The molecule has 0 aromatic heterocycles. The molecule has 1 fully saturated rings. The Morgan fingerprint density at radius 3 is 2.76 bits per heavy atom. The SMILES string of the molecule is COc1c(F)cccc1CC1(O)CCNCC1. The Bertz CT molecular complexity index is 389. The van der Waals surface area contributed by atoms with Crippen molar-refractivity contribution in [1.82, 2.24) is 5.32 Å². The van der Waals surface area contributed by atoms with Crippen molar-refractivity contribution in [2.75, 3.05) is 20.2 Å². The summed E-state index contributed by atoms with van der Waals surface area (Å²) in [6.07, 6.45) is 1.81. The largest absolute Gasteiger partial charge is 0.493 e. The number of nitrogens with one attached hydrogen (secondary N) is 1. The first kappa shape index (κ1) is 12.3. The van der Waals surface area contributed by atoms with Crippen molar-refractivity contribution < 1.29 is 14.2 Å². The average Bonchev–Trinajstić information content (AvgIpc) is 2.30. The van der Waals surface area contributed by atoms with E-state index in [0.29, 0.717) is 19.3 Å². The molecular formula is C13H18FNO2. The highest BCUT2D eigenvalue weighted by molar-refractivity contribution is 5.36. The third-order valence-electron chi connectivity index (χ3n) is 3.31. The lowest BCUT2D eigenvalue weighted by molar-refractivity contribution is 0.0103. The average molecular weight is 239 g/mol. The summed E-state index contributed by atoms with van der Waals surface area (Å²) in [6, 6.07) is 4.83. The first-order valence-electron chi connectivity index (χ1n) is 5.89. The molecule has 1 aromatic rings. The maximum atomic E-state index is 13.5. The molecule has 3 nitrogen and oxygen atoms in total. The number of benzene rings is 1. The Morgan fingerprint density at radius 2 is 2.12 bits per heavy atom. The van der Waals surface area contributed by atoms with Gasteiger partial charge in [-0.05, 0) is 32.0 Å². The van der Waals surface area contributed by atoms with Gasteiger partial charge in [-0.1, -0.05) is 12.1 Å². The summed E-state index contributed by atoms with van der Waals surface area (Å²) in [7, 11) is 1.45. The Kier molecular flexibility index (Phi) is 3.64. The first-order chi connectivity index (χ1) is 8.14. The molecule has 0 bridgehead atoms. The predicted molar refractivity (Wildman–Crippen MR) is 63.7 cm³/mol. The first-order valence-corrected chi connectivity index (χ1v) is 5.89. The standard InChI is InChI=1S/C13H18FNO2/c1-17-12-10(3-2-4-11(12)14)9-13(16)5-7-15-8-6-13/h2-4,15-16H,5-9H2,1H3. The number of halogens is 1. The van der Waals surface area contributed by atoms with Gasteiger partial charge < -0.3 is 15.2 Å². The number of aliphatic hydroxyl groups is 1. The smallest absolute Gasteiger partial charge is 0.165 e. The molecule has 1 aromatic carbocycles. The van der Waals surface area contributed by atoms with Gasteiger partial charge >= 0.3 is 0 Å². The van der Waals surface area contributed by atoms with E-state index in [4.69, 9.17) is 4.74 Å². The Hall–Kier alpha value is -1.13. The highest BCUT2D eigenvalue weighted by Gasteiger charge is 2.30. The van der Waals surface area contributed by atoms with Gasteiger partial charge in [0.25, 0.3) is 0 Å². The number of methoxy groups -OCH3 is 1. The van der Waals surface area contributed by atoms with Gasteiger partial charge in [0.15, 0.2) is 11.6 Å². The van der Waals surface area contributed by atoms with Crippen LogP contribution in [0.25, 0.3) is 0 Å². The summed E-state index contributed by atoms with van der Waals surface area (Å²) in [4.78, 5) is 0. The molecule has 0 atom stereocenters. The molecule has 0 radical (unpaired) electrons. The second kappa shape index (κ2) is 5.02. The quantitative estimate of drug-likeness (QED) is 0.839. The van der Waals surface area contributed by atoms with Crippen molar-refractivity contribution in [3.8, 4) is 5.75 Å². The molecule has 2 rings (SSSR count). The summed E-state index contributed by atoms with van der Waals surface area (Å²) in [6.45, 7) is 1.60. The molecule has 94 valence electrons. The topological polar surface area (TPSA) is 41.5 Å². The maximum absolute atomic E-state index is 13.5. The van der Waals surface area contributed by atoms with Crippen LogP contribution in [0, 0.1) is 5.82 Å². The van der Waals surface area contributed by atoms with E-state index in [9.17, 15) is 9.50 Å². The number of para-hydroxylation sites is 1. The highest BCUT2D eigenvalue weighted by atomic mass is 19.1. The molecular weight excluding hydrogens is 221 g/mol. The van der Waals surface area contributed by atoms with Crippen LogP contribution in [0.5, 0.6) is 5.75 Å². The van der Waals surface area contributed by atoms with E-state index < -0.39 is 5.60 Å². The van der Waals surface area contributed by atoms with Crippen LogP contribution in [-0.2, 0) is 6.42 Å². The number of ether oxygens (including phenoxy) is 1. The van der Waals surface area contributed by atoms with E-state index in [1.54, 1.807) is 6.07 Å². The molecule has 2 N–H and O–H groups in total. The molecule has 4 heteroatoms. The molecule has 17 heavy (non-hydrogen) atoms. The molecule has 0 saturated carbocycles. The lowest BCUT2D eigenvalue weighted by Gasteiger charge is -2.33. The van der Waals surface area contributed by atoms with Crippen molar-refractivity contribution in [1.29, 1.82) is 0 Å². The number of piperidine rings is 1. The predicted octanol–water partition coefficient (Wildman–Crippen LogP) is 1.49. The van der Waals surface area contributed by atoms with Gasteiger partial charge in [-0.15, -0.1) is 0 Å². The molecule has 0 unspecified atom stereocenters. The Labute approximate surface area is 101 Å². The lowest BCUT2D eigenvalue weighted by atomic mass is 9.86. The minimum Gasteiger partial charge on any atom is -0.493 e. The summed E-state index contributed by atoms with van der Waals surface area (Å²) in [5.74, 6) is -0.123. The van der Waals surface area contributed by atoms with Crippen LogP contribution >= 0.6 is 0 Å². The van der Waals surface area contributed by atoms with Gasteiger partial charge in [0, 0.05) is 12.0 Å². The number of hydrogen-bond acceptors (Lipinski definition) is 3. The zero-order chi connectivity index (χ0) is 12.3. The maximum Gasteiger partial charge on any atom is 0.165 e. The van der Waals surface area contributed by atoms with Gasteiger partial charge in [0.05, 0.1) is 12.7 Å². The van der Waals surface area contributed by atoms with Gasteiger partial charge in [-0.25, -0.2) is 4.39 Å². The molecule has 0 aliphatic carbocycles. The minimum absolute atomic E-state index is 0.249. The molecule has 0 spiro atoms. The van der Waals surface area contributed by atoms with Crippen LogP contribution in [0.4, 0.5) is 4.39 Å². The van der Waals surface area contributed by atoms with Crippen molar-refractivity contribution in [2.24, 2.45) is 0 Å². The fourth-order valence-electron chi connectivity index (χ4n) is 2.34. The van der Waals surface area contributed by atoms with Crippen LogP contribution in [0.1, 0.15) is 18.4 Å². The Balaban J connectivity index is 2.20. The molecule has 1 saturated heterocycles. The summed E-state index contributed by atoms with van der Waals surface area (Å²) < 4.78 is 18.6. The lowest BCUT2D eigenvalue weighted by Crippen LogP contribution is -2.43. The fraction of sp³-hybridized carbons (Fsp3) is 0.538. The second-order valence-corrected chi connectivity index (χ2v) is 4.58. The third-order valence-corrected chi connectivity index (χ3v) is 3.31. The van der Waals surface area contributed by atoms with Gasteiger partial charge in [-0.2, -0.15) is 0 Å². The van der Waals surface area contributed by atoms with Crippen molar-refractivity contribution in [2.45, 2.75) is 24.9 Å². The van der Waals surface area contributed by atoms with E-state index in [1.807, 2.05) is 6.07 Å². The fourth-order valence-corrected chi connectivity index (χ4v) is 2.34. The van der Waals surface area contributed by atoms with Crippen molar-refractivity contribution >= 4 is 0 Å². The molecule has 1 heterocycles. The summed E-state index contributed by atoms with van der Waals surface area (Å²) >= 11 is 0. The number of hydrogen-bond donors (Lipinski definition) is 2. The minimum atomic E-state index is -0.744.